The number of hydrogen-bond acceptors (Lipinski definition) is 4. The van der Waals surface area contributed by atoms with Gasteiger partial charge in [-0.3, -0.25) is 4.79 Å². The van der Waals surface area contributed by atoms with Gasteiger partial charge in [-0.25, -0.2) is 9.18 Å². The van der Waals surface area contributed by atoms with Crippen LogP contribution >= 0.6 is 0 Å². The predicted octanol–water partition coefficient (Wildman–Crippen LogP) is 3.51. The summed E-state index contributed by atoms with van der Waals surface area (Å²) >= 11 is 0. The van der Waals surface area contributed by atoms with Crippen LogP contribution in [0.25, 0.3) is 0 Å². The number of ether oxygens (including phenoxy) is 2. The number of carbonyl (C=O) groups excluding carboxylic acids is 2. The topological polar surface area (TPSA) is 64.6 Å². The second kappa shape index (κ2) is 8.82. The molecule has 0 unspecified atom stereocenters. The zero-order chi connectivity index (χ0) is 18.2. The maximum absolute atomic E-state index is 12.8. The van der Waals surface area contributed by atoms with Gasteiger partial charge in [-0.15, -0.1) is 0 Å². The molecule has 0 aliphatic heterocycles. The van der Waals surface area contributed by atoms with Crippen LogP contribution < -0.4 is 10.1 Å². The van der Waals surface area contributed by atoms with E-state index in [4.69, 9.17) is 9.47 Å². The Kier molecular flexibility index (Phi) is 6.51. The van der Waals surface area contributed by atoms with Crippen molar-refractivity contribution in [3.8, 4) is 5.75 Å². The lowest BCUT2D eigenvalue weighted by Gasteiger charge is -2.09. The van der Waals surface area contributed by atoms with E-state index in [0.29, 0.717) is 17.4 Å². The van der Waals surface area contributed by atoms with Crippen LogP contribution in [0.4, 0.5) is 10.1 Å². The zero-order valence-corrected chi connectivity index (χ0v) is 14.1. The maximum Gasteiger partial charge on any atom is 0.344 e. The summed E-state index contributed by atoms with van der Waals surface area (Å²) in [6.45, 7) is 3.45. The molecule has 2 aromatic rings. The van der Waals surface area contributed by atoms with Gasteiger partial charge in [-0.05, 0) is 47.9 Å². The number of nitrogens with one attached hydrogen (secondary N) is 1. The zero-order valence-electron chi connectivity index (χ0n) is 14.1. The van der Waals surface area contributed by atoms with Crippen LogP contribution in [0.15, 0.2) is 48.5 Å². The summed E-state index contributed by atoms with van der Waals surface area (Å²) in [4.78, 5) is 23.3. The summed E-state index contributed by atoms with van der Waals surface area (Å²) in [5, 5.41) is 2.49. The molecule has 6 heteroatoms. The minimum atomic E-state index is -0.651. The van der Waals surface area contributed by atoms with Gasteiger partial charge in [0, 0.05) is 5.69 Å². The van der Waals surface area contributed by atoms with Crippen LogP contribution in [0.1, 0.15) is 25.3 Å². The fourth-order valence-corrected chi connectivity index (χ4v) is 2.01. The van der Waals surface area contributed by atoms with Crippen molar-refractivity contribution in [2.45, 2.75) is 19.8 Å². The lowest BCUT2D eigenvalue weighted by Crippen LogP contribution is -2.23. The molecule has 2 rings (SSSR count). The molecule has 25 heavy (non-hydrogen) atoms. The number of carbonyl (C=O) groups is 2. The second-order valence-electron chi connectivity index (χ2n) is 5.73. The van der Waals surface area contributed by atoms with E-state index in [9.17, 15) is 14.0 Å². The van der Waals surface area contributed by atoms with E-state index in [0.717, 1.165) is 0 Å². The van der Waals surface area contributed by atoms with Gasteiger partial charge in [-0.1, -0.05) is 26.0 Å². The maximum atomic E-state index is 12.8. The van der Waals surface area contributed by atoms with Crippen LogP contribution in [-0.4, -0.2) is 25.1 Å². The highest BCUT2D eigenvalue weighted by molar-refractivity contribution is 5.92. The molecule has 0 aromatic heterocycles. The molecule has 2 aromatic carbocycles. The van der Waals surface area contributed by atoms with Crippen LogP contribution in [0, 0.1) is 5.82 Å². The van der Waals surface area contributed by atoms with Crippen LogP contribution in [-0.2, 0) is 14.3 Å². The third-order valence-corrected chi connectivity index (χ3v) is 3.40. The molecule has 132 valence electrons. The molecule has 0 fully saturated rings. The first-order valence-electron chi connectivity index (χ1n) is 7.88. The van der Waals surface area contributed by atoms with Crippen molar-refractivity contribution in [2.75, 3.05) is 18.5 Å². The molecule has 0 aliphatic rings. The summed E-state index contributed by atoms with van der Waals surface area (Å²) in [7, 11) is 0. The Labute approximate surface area is 145 Å². The van der Waals surface area contributed by atoms with Crippen molar-refractivity contribution in [3.05, 3.63) is 59.9 Å². The van der Waals surface area contributed by atoms with Crippen molar-refractivity contribution >= 4 is 17.6 Å². The van der Waals surface area contributed by atoms with E-state index >= 15 is 0 Å². The van der Waals surface area contributed by atoms with Gasteiger partial charge in [0.05, 0.1) is 0 Å². The summed E-state index contributed by atoms with van der Waals surface area (Å²) < 4.78 is 22.9. The van der Waals surface area contributed by atoms with Gasteiger partial charge >= 0.3 is 5.97 Å². The number of amides is 1. The number of rotatable bonds is 7. The second-order valence-corrected chi connectivity index (χ2v) is 5.73. The van der Waals surface area contributed by atoms with E-state index in [2.05, 4.69) is 19.2 Å². The number of anilines is 1. The standard InChI is InChI=1S/C19H20FNO4/c1-13(2)14-3-9-17(10-4-14)24-12-19(23)25-11-18(22)21-16-7-5-15(20)6-8-16/h3-10,13H,11-12H2,1-2H3,(H,21,22). The predicted molar refractivity (Wildman–Crippen MR) is 92.0 cm³/mol. The largest absolute Gasteiger partial charge is 0.482 e. The first-order chi connectivity index (χ1) is 11.9. The molecule has 1 N–H and O–H groups in total. The Bertz CT molecular complexity index is 711. The Hall–Kier alpha value is -2.89. The Balaban J connectivity index is 1.71. The van der Waals surface area contributed by atoms with Crippen molar-refractivity contribution in [1.82, 2.24) is 0 Å². The monoisotopic (exact) mass is 345 g/mol. The fourth-order valence-electron chi connectivity index (χ4n) is 2.01. The van der Waals surface area contributed by atoms with Crippen molar-refractivity contribution < 1.29 is 23.5 Å². The minimum absolute atomic E-state index is 0.287. The summed E-state index contributed by atoms with van der Waals surface area (Å²) in [6.07, 6.45) is 0. The minimum Gasteiger partial charge on any atom is -0.482 e. The van der Waals surface area contributed by atoms with Crippen LogP contribution in [0.2, 0.25) is 0 Å². The molecule has 0 aliphatic carbocycles. The van der Waals surface area contributed by atoms with E-state index in [-0.39, 0.29) is 6.61 Å². The lowest BCUT2D eigenvalue weighted by atomic mass is 10.0. The molecule has 0 spiro atoms. The first kappa shape index (κ1) is 18.4. The van der Waals surface area contributed by atoms with Crippen molar-refractivity contribution in [3.63, 3.8) is 0 Å². The van der Waals surface area contributed by atoms with Crippen LogP contribution in [0.5, 0.6) is 5.75 Å². The van der Waals surface area contributed by atoms with Gasteiger partial charge in [0.25, 0.3) is 5.91 Å². The van der Waals surface area contributed by atoms with Crippen LogP contribution in [0.3, 0.4) is 0 Å². The van der Waals surface area contributed by atoms with E-state index in [1.54, 1.807) is 12.1 Å². The molecular formula is C19H20FNO4. The van der Waals surface area contributed by atoms with Crippen molar-refractivity contribution in [1.29, 1.82) is 0 Å². The molecule has 0 radical (unpaired) electrons. The van der Waals surface area contributed by atoms with Gasteiger partial charge < -0.3 is 14.8 Å². The normalized spacial score (nSPS) is 10.4. The molecule has 1 amide bonds. The number of benzene rings is 2. The summed E-state index contributed by atoms with van der Waals surface area (Å²) in [6, 6.07) is 12.7. The summed E-state index contributed by atoms with van der Waals surface area (Å²) in [5.41, 5.74) is 1.59. The first-order valence-corrected chi connectivity index (χ1v) is 7.88. The van der Waals surface area contributed by atoms with Gasteiger partial charge in [0.15, 0.2) is 13.2 Å². The fraction of sp³-hybridized carbons (Fsp3) is 0.263. The molecule has 0 atom stereocenters. The lowest BCUT2D eigenvalue weighted by molar-refractivity contribution is -0.149. The van der Waals surface area contributed by atoms with E-state index in [1.807, 2.05) is 12.1 Å². The van der Waals surface area contributed by atoms with Gasteiger partial charge in [0.1, 0.15) is 11.6 Å². The number of hydrogen-bond donors (Lipinski definition) is 1. The number of halogens is 1. The SMILES string of the molecule is CC(C)c1ccc(OCC(=O)OCC(=O)Nc2ccc(F)cc2)cc1. The third-order valence-electron chi connectivity index (χ3n) is 3.40. The Morgan fingerprint density at radius 2 is 1.64 bits per heavy atom. The third kappa shape index (κ3) is 6.25. The Morgan fingerprint density at radius 1 is 1.00 bits per heavy atom. The molecule has 0 saturated heterocycles. The molecule has 0 saturated carbocycles. The van der Waals surface area contributed by atoms with Gasteiger partial charge in [-0.2, -0.15) is 0 Å². The highest BCUT2D eigenvalue weighted by Crippen LogP contribution is 2.18. The quantitative estimate of drug-likeness (QED) is 0.780. The summed E-state index contributed by atoms with van der Waals surface area (Å²) in [5.74, 6) is -0.595. The van der Waals surface area contributed by atoms with E-state index < -0.39 is 24.3 Å². The van der Waals surface area contributed by atoms with E-state index in [1.165, 1.54) is 29.8 Å². The molecule has 0 bridgehead atoms. The highest BCUT2D eigenvalue weighted by Gasteiger charge is 2.09. The smallest absolute Gasteiger partial charge is 0.344 e. The molecule has 0 heterocycles. The average molecular weight is 345 g/mol. The van der Waals surface area contributed by atoms with Gasteiger partial charge in [0.2, 0.25) is 0 Å². The average Bonchev–Trinajstić information content (AvgIpc) is 2.60. The molecular weight excluding hydrogens is 325 g/mol. The van der Waals surface area contributed by atoms with Crippen molar-refractivity contribution in [2.24, 2.45) is 0 Å². The highest BCUT2D eigenvalue weighted by atomic mass is 19.1. The Morgan fingerprint density at radius 3 is 2.24 bits per heavy atom. The number of esters is 1. The molecule has 5 nitrogen and oxygen atoms in total.